The minimum Gasteiger partial charge on any atom is -0.340 e. The van der Waals surface area contributed by atoms with Crippen molar-refractivity contribution in [3.05, 3.63) is 0 Å². The first-order valence-electron chi connectivity index (χ1n) is 7.16. The molecule has 1 amide bonds. The zero-order valence-electron chi connectivity index (χ0n) is 11.7. The first-order chi connectivity index (χ1) is 8.53. The van der Waals surface area contributed by atoms with E-state index in [-0.39, 0.29) is 10.7 Å². The lowest BCUT2D eigenvalue weighted by Crippen LogP contribution is -2.50. The summed E-state index contributed by atoms with van der Waals surface area (Å²) in [7, 11) is 0. The molecule has 2 atom stereocenters. The van der Waals surface area contributed by atoms with Gasteiger partial charge in [-0.05, 0) is 39.2 Å². The van der Waals surface area contributed by atoms with E-state index in [1.54, 1.807) is 0 Å². The zero-order valence-corrected chi connectivity index (χ0v) is 12.5. The van der Waals surface area contributed by atoms with Gasteiger partial charge in [0.1, 0.15) is 0 Å². The maximum Gasteiger partial charge on any atom is 0.226 e. The molecule has 2 fully saturated rings. The van der Waals surface area contributed by atoms with E-state index < -0.39 is 0 Å². The van der Waals surface area contributed by atoms with E-state index in [2.05, 4.69) is 18.7 Å². The molecular weight excluding hydrogens is 244 g/mol. The molecule has 1 heterocycles. The summed E-state index contributed by atoms with van der Waals surface area (Å²) in [5.74, 6) is 2.06. The number of carbonyl (C=O) groups is 1. The Hall–Kier alpha value is -0.220. The summed E-state index contributed by atoms with van der Waals surface area (Å²) in [6.45, 7) is 6.95. The van der Waals surface area contributed by atoms with Gasteiger partial charge in [-0.15, -0.1) is 0 Å². The van der Waals surface area contributed by atoms with Gasteiger partial charge < -0.3 is 10.6 Å². The Labute approximate surface area is 115 Å². The molecule has 0 aromatic heterocycles. The number of nitrogens with two attached hydrogens (primary N) is 1. The van der Waals surface area contributed by atoms with Crippen LogP contribution in [0, 0.1) is 11.8 Å². The summed E-state index contributed by atoms with van der Waals surface area (Å²) in [5.41, 5.74) is 5.84. The molecule has 18 heavy (non-hydrogen) atoms. The van der Waals surface area contributed by atoms with Crippen LogP contribution < -0.4 is 5.73 Å². The van der Waals surface area contributed by atoms with Gasteiger partial charge in [-0.25, -0.2) is 0 Å². The number of nitrogens with zero attached hydrogens (tertiary/aromatic N) is 1. The summed E-state index contributed by atoms with van der Waals surface area (Å²) in [6.07, 6.45) is 4.62. The quantitative estimate of drug-likeness (QED) is 0.836. The number of hydrogen-bond acceptors (Lipinski definition) is 3. The van der Waals surface area contributed by atoms with Crippen molar-refractivity contribution in [1.29, 1.82) is 0 Å². The lowest BCUT2D eigenvalue weighted by atomic mass is 9.78. The molecule has 1 aliphatic carbocycles. The fourth-order valence-corrected chi connectivity index (χ4v) is 4.37. The fourth-order valence-electron chi connectivity index (χ4n) is 3.25. The van der Waals surface area contributed by atoms with Crippen LogP contribution in [0.1, 0.15) is 39.5 Å². The molecule has 104 valence electrons. The molecule has 0 aromatic carbocycles. The average Bonchev–Trinajstić information content (AvgIpc) is 2.36. The normalized spacial score (nSPS) is 32.3. The highest BCUT2D eigenvalue weighted by molar-refractivity contribution is 8.00. The van der Waals surface area contributed by atoms with Gasteiger partial charge in [0.05, 0.1) is 0 Å². The third-order valence-electron chi connectivity index (χ3n) is 4.27. The second-order valence-corrected chi connectivity index (χ2v) is 8.06. The Morgan fingerprint density at radius 2 is 2.11 bits per heavy atom. The summed E-state index contributed by atoms with van der Waals surface area (Å²) < 4.78 is 0.209. The Morgan fingerprint density at radius 1 is 1.39 bits per heavy atom. The van der Waals surface area contributed by atoms with Gasteiger partial charge in [-0.3, -0.25) is 4.79 Å². The van der Waals surface area contributed by atoms with Gasteiger partial charge in [0.15, 0.2) is 0 Å². The number of thioether (sulfide) groups is 1. The Balaban J connectivity index is 2.01. The lowest BCUT2D eigenvalue weighted by Gasteiger charge is -2.41. The van der Waals surface area contributed by atoms with Crippen LogP contribution in [-0.2, 0) is 4.79 Å². The van der Waals surface area contributed by atoms with Crippen molar-refractivity contribution < 1.29 is 4.79 Å². The largest absolute Gasteiger partial charge is 0.340 e. The number of amides is 1. The predicted molar refractivity (Wildman–Crippen MR) is 77.6 cm³/mol. The van der Waals surface area contributed by atoms with Gasteiger partial charge in [-0.2, -0.15) is 11.8 Å². The van der Waals surface area contributed by atoms with Crippen molar-refractivity contribution in [3.8, 4) is 0 Å². The van der Waals surface area contributed by atoms with E-state index in [0.717, 1.165) is 31.7 Å². The Bertz CT molecular complexity index is 306. The van der Waals surface area contributed by atoms with Gasteiger partial charge >= 0.3 is 0 Å². The van der Waals surface area contributed by atoms with E-state index >= 15 is 0 Å². The van der Waals surface area contributed by atoms with Crippen molar-refractivity contribution in [3.63, 3.8) is 0 Å². The third-order valence-corrected chi connectivity index (χ3v) is 5.56. The molecular formula is C14H26N2OS. The smallest absolute Gasteiger partial charge is 0.226 e. The molecule has 0 spiro atoms. The molecule has 2 N–H and O–H groups in total. The van der Waals surface area contributed by atoms with Gasteiger partial charge in [-0.1, -0.05) is 12.8 Å². The minimum absolute atomic E-state index is 0.197. The highest BCUT2D eigenvalue weighted by atomic mass is 32.2. The monoisotopic (exact) mass is 270 g/mol. The van der Waals surface area contributed by atoms with E-state index in [4.69, 9.17) is 5.73 Å². The van der Waals surface area contributed by atoms with Crippen LogP contribution in [0.15, 0.2) is 0 Å². The van der Waals surface area contributed by atoms with Crippen LogP contribution in [0.3, 0.4) is 0 Å². The molecule has 0 radical (unpaired) electrons. The molecule has 0 bridgehead atoms. The molecule has 3 nitrogen and oxygen atoms in total. The van der Waals surface area contributed by atoms with Gasteiger partial charge in [0, 0.05) is 29.5 Å². The number of hydrogen-bond donors (Lipinski definition) is 1. The molecule has 1 saturated carbocycles. The Kier molecular flexibility index (Phi) is 4.59. The van der Waals surface area contributed by atoms with E-state index in [9.17, 15) is 4.79 Å². The summed E-state index contributed by atoms with van der Waals surface area (Å²) in [4.78, 5) is 14.8. The topological polar surface area (TPSA) is 46.3 Å². The maximum atomic E-state index is 12.7. The summed E-state index contributed by atoms with van der Waals surface area (Å²) >= 11 is 1.98. The van der Waals surface area contributed by atoms with Crippen LogP contribution in [0.5, 0.6) is 0 Å². The van der Waals surface area contributed by atoms with E-state index in [1.807, 2.05) is 11.8 Å². The molecule has 2 aliphatic rings. The van der Waals surface area contributed by atoms with Crippen molar-refractivity contribution in [1.82, 2.24) is 4.90 Å². The Morgan fingerprint density at radius 3 is 2.78 bits per heavy atom. The highest BCUT2D eigenvalue weighted by Crippen LogP contribution is 2.34. The lowest BCUT2D eigenvalue weighted by molar-refractivity contribution is -0.138. The minimum atomic E-state index is 0.197. The number of carbonyl (C=O) groups excluding carboxylic acids is 1. The SMILES string of the molecule is CC1(C)CN(C(=O)C2CCCCC2CN)CCS1. The summed E-state index contributed by atoms with van der Waals surface area (Å²) in [5, 5.41) is 0. The molecule has 0 aromatic rings. The first-order valence-corrected chi connectivity index (χ1v) is 8.15. The van der Waals surface area contributed by atoms with Crippen molar-refractivity contribution in [2.75, 3.05) is 25.4 Å². The van der Waals surface area contributed by atoms with Crippen molar-refractivity contribution >= 4 is 17.7 Å². The predicted octanol–water partition coefficient (Wildman–Crippen LogP) is 2.11. The van der Waals surface area contributed by atoms with Gasteiger partial charge in [0.25, 0.3) is 0 Å². The summed E-state index contributed by atoms with van der Waals surface area (Å²) in [6, 6.07) is 0. The molecule has 2 unspecified atom stereocenters. The van der Waals surface area contributed by atoms with E-state index in [0.29, 0.717) is 18.4 Å². The number of rotatable bonds is 2. The zero-order chi connectivity index (χ0) is 13.2. The molecule has 1 aliphatic heterocycles. The van der Waals surface area contributed by atoms with Crippen LogP contribution in [0.25, 0.3) is 0 Å². The highest BCUT2D eigenvalue weighted by Gasteiger charge is 2.36. The first kappa shape index (κ1) is 14.2. The van der Waals surface area contributed by atoms with Crippen LogP contribution >= 0.6 is 11.8 Å². The fraction of sp³-hybridized carbons (Fsp3) is 0.929. The van der Waals surface area contributed by atoms with Crippen LogP contribution in [0.4, 0.5) is 0 Å². The van der Waals surface area contributed by atoms with Gasteiger partial charge in [0.2, 0.25) is 5.91 Å². The molecule has 2 rings (SSSR count). The second kappa shape index (κ2) is 5.83. The third kappa shape index (κ3) is 3.21. The second-order valence-electron chi connectivity index (χ2n) is 6.25. The average molecular weight is 270 g/mol. The maximum absolute atomic E-state index is 12.7. The van der Waals surface area contributed by atoms with E-state index in [1.165, 1.54) is 12.8 Å². The van der Waals surface area contributed by atoms with Crippen molar-refractivity contribution in [2.24, 2.45) is 17.6 Å². The van der Waals surface area contributed by atoms with Crippen LogP contribution in [0.2, 0.25) is 0 Å². The molecule has 4 heteroatoms. The van der Waals surface area contributed by atoms with Crippen molar-refractivity contribution in [2.45, 2.75) is 44.3 Å². The van der Waals surface area contributed by atoms with Crippen LogP contribution in [-0.4, -0.2) is 40.9 Å². The standard InChI is InChI=1S/C14H26N2OS/c1-14(2)10-16(7-8-18-14)13(17)12-6-4-3-5-11(12)9-15/h11-12H,3-10,15H2,1-2H3. The molecule has 1 saturated heterocycles.